The Balaban J connectivity index is 1.34. The van der Waals surface area contributed by atoms with Crippen LogP contribution in [0.25, 0.3) is 21.9 Å². The third-order valence-electron chi connectivity index (χ3n) is 6.08. The van der Waals surface area contributed by atoms with E-state index in [0.29, 0.717) is 17.9 Å². The number of fused-ring (bicyclic) bond motifs is 2. The molecular formula is C22H24ClN5O9P2. The van der Waals surface area contributed by atoms with Gasteiger partial charge >= 0.3 is 15.2 Å². The van der Waals surface area contributed by atoms with Gasteiger partial charge in [0.25, 0.3) is 0 Å². The molecule has 5 rings (SSSR count). The molecule has 0 saturated carbocycles. The van der Waals surface area contributed by atoms with E-state index in [9.17, 15) is 24.2 Å². The van der Waals surface area contributed by atoms with E-state index in [4.69, 9.17) is 30.6 Å². The van der Waals surface area contributed by atoms with Crippen molar-refractivity contribution in [1.82, 2.24) is 19.5 Å². The Kier molecular flexibility index (Phi) is 7.79. The summed E-state index contributed by atoms with van der Waals surface area (Å²) in [4.78, 5) is 40.3. The molecule has 3 unspecified atom stereocenters. The maximum atomic E-state index is 12.0. The van der Waals surface area contributed by atoms with Gasteiger partial charge in [0.15, 0.2) is 29.1 Å². The lowest BCUT2D eigenvalue weighted by Gasteiger charge is -2.18. The molecule has 0 aliphatic carbocycles. The van der Waals surface area contributed by atoms with Crippen LogP contribution in [0, 0.1) is 0 Å². The summed E-state index contributed by atoms with van der Waals surface area (Å²) in [5.41, 5.74) is 1.48. The van der Waals surface area contributed by atoms with Crippen molar-refractivity contribution in [3.8, 4) is 0 Å². The number of halogens is 1. The predicted molar refractivity (Wildman–Crippen MR) is 140 cm³/mol. The zero-order chi connectivity index (χ0) is 27.9. The van der Waals surface area contributed by atoms with Gasteiger partial charge in [-0.1, -0.05) is 36.4 Å². The molecule has 1 aliphatic rings. The van der Waals surface area contributed by atoms with Crippen molar-refractivity contribution in [2.45, 2.75) is 31.1 Å². The molecule has 6 N–H and O–H groups in total. The van der Waals surface area contributed by atoms with Crippen LogP contribution >= 0.6 is 26.8 Å². The summed E-state index contributed by atoms with van der Waals surface area (Å²) in [6, 6.07) is 14.0. The molecule has 0 amide bonds. The predicted octanol–water partition coefficient (Wildman–Crippen LogP) is 2.20. The van der Waals surface area contributed by atoms with Gasteiger partial charge in [-0.25, -0.2) is 4.98 Å². The van der Waals surface area contributed by atoms with Crippen LogP contribution in [-0.2, 0) is 24.9 Å². The van der Waals surface area contributed by atoms with Gasteiger partial charge in [0, 0.05) is 6.54 Å². The highest BCUT2D eigenvalue weighted by molar-refractivity contribution is 7.70. The van der Waals surface area contributed by atoms with E-state index in [2.05, 4.69) is 20.3 Å². The third kappa shape index (κ3) is 6.31. The van der Waals surface area contributed by atoms with Crippen LogP contribution in [0.15, 0.2) is 48.8 Å². The van der Waals surface area contributed by atoms with Crippen molar-refractivity contribution in [1.29, 1.82) is 0 Å². The minimum absolute atomic E-state index is 0.114. The number of nitrogens with one attached hydrogen (secondary N) is 1. The molecule has 1 fully saturated rings. The van der Waals surface area contributed by atoms with Gasteiger partial charge in [-0.05, 0) is 34.0 Å². The lowest BCUT2D eigenvalue weighted by atomic mass is 10.1. The Bertz CT molecular complexity index is 1620. The van der Waals surface area contributed by atoms with Gasteiger partial charge in [0.05, 0.1) is 12.9 Å². The number of aliphatic hydroxyl groups is 2. The number of imidazole rings is 1. The largest absolute Gasteiger partial charge is 0.387 e. The number of nitrogens with zero attached hydrogens (tertiary/aromatic N) is 4. The normalized spacial score (nSPS) is 23.3. The summed E-state index contributed by atoms with van der Waals surface area (Å²) in [7, 11) is -9.53. The van der Waals surface area contributed by atoms with Crippen molar-refractivity contribution >= 4 is 54.5 Å². The summed E-state index contributed by atoms with van der Waals surface area (Å²) in [5.74, 6) is -1.07. The number of aromatic nitrogens is 4. The molecule has 17 heteroatoms. The zero-order valence-electron chi connectivity index (χ0n) is 20.0. The van der Waals surface area contributed by atoms with Crippen LogP contribution in [0.5, 0.6) is 0 Å². The Labute approximate surface area is 225 Å². The quantitative estimate of drug-likeness (QED) is 0.120. The average molecular weight is 600 g/mol. The van der Waals surface area contributed by atoms with Gasteiger partial charge in [-0.15, -0.1) is 0 Å². The van der Waals surface area contributed by atoms with Crippen molar-refractivity contribution in [3.05, 3.63) is 59.6 Å². The summed E-state index contributed by atoms with van der Waals surface area (Å²) >= 11 is 6.17. The smallest absolute Gasteiger partial charge is 0.340 e. The molecule has 0 radical (unpaired) electrons. The molecule has 39 heavy (non-hydrogen) atoms. The van der Waals surface area contributed by atoms with Crippen LogP contribution in [0.4, 0.5) is 5.82 Å². The Hall–Kier alpha value is -2.48. The molecule has 1 aliphatic heterocycles. The number of aliphatic hydroxyl groups excluding tert-OH is 2. The molecular weight excluding hydrogens is 576 g/mol. The Morgan fingerprint density at radius 2 is 1.79 bits per heavy atom. The SMILES string of the molecule is O=P(O)(O)CP(=O)(O)OC[C@H]1O[C@@H](n2cnc3c(NCc4ccc5ccccc5c4)nc(Cl)nc32)C(O)C1O. The Morgan fingerprint density at radius 1 is 1.05 bits per heavy atom. The molecule has 0 bridgehead atoms. The molecule has 2 aromatic heterocycles. The second-order valence-electron chi connectivity index (χ2n) is 8.99. The topological polar surface area (TPSA) is 209 Å². The monoisotopic (exact) mass is 599 g/mol. The van der Waals surface area contributed by atoms with Crippen LogP contribution in [0.3, 0.4) is 0 Å². The summed E-state index contributed by atoms with van der Waals surface area (Å²) in [5, 5.41) is 26.3. The van der Waals surface area contributed by atoms with Gasteiger partial charge in [-0.3, -0.25) is 13.7 Å². The number of anilines is 1. The van der Waals surface area contributed by atoms with Crippen molar-refractivity contribution < 1.29 is 43.3 Å². The lowest BCUT2D eigenvalue weighted by Crippen LogP contribution is -2.33. The maximum absolute atomic E-state index is 12.0. The van der Waals surface area contributed by atoms with E-state index in [-0.39, 0.29) is 10.9 Å². The first-order valence-electron chi connectivity index (χ1n) is 11.5. The molecule has 208 valence electrons. The van der Waals surface area contributed by atoms with E-state index in [1.165, 1.54) is 10.9 Å². The van der Waals surface area contributed by atoms with Crippen molar-refractivity contribution in [2.75, 3.05) is 17.8 Å². The first-order valence-corrected chi connectivity index (χ1v) is 15.5. The molecule has 1 saturated heterocycles. The standard InChI is InChI=1S/C22H24ClN5O9P2/c23-22-26-19(24-8-12-5-6-13-3-1-2-4-14(13)7-12)16-20(27-22)28(10-25-16)21-18(30)17(29)15(37-21)9-36-39(34,35)11-38(31,32)33/h1-7,10,15,17-18,21,29-30H,8-9,11H2,(H,34,35)(H,24,26,27)(H2,31,32,33)/t15-,17?,18?,21-/m1/s1. The fraction of sp³-hybridized carbons (Fsp3) is 0.318. The highest BCUT2D eigenvalue weighted by Crippen LogP contribution is 2.55. The first-order chi connectivity index (χ1) is 18.4. The van der Waals surface area contributed by atoms with E-state index in [0.717, 1.165) is 16.3 Å². The van der Waals surface area contributed by atoms with E-state index in [1.807, 2.05) is 42.5 Å². The Morgan fingerprint density at radius 3 is 2.54 bits per heavy atom. The van der Waals surface area contributed by atoms with E-state index < -0.39 is 52.2 Å². The fourth-order valence-corrected chi connectivity index (χ4v) is 7.03. The number of rotatable bonds is 9. The van der Waals surface area contributed by atoms with Crippen molar-refractivity contribution in [3.63, 3.8) is 0 Å². The second kappa shape index (κ2) is 10.8. The molecule has 4 aromatic rings. The zero-order valence-corrected chi connectivity index (χ0v) is 22.5. The number of benzene rings is 2. The molecule has 5 atom stereocenters. The minimum Gasteiger partial charge on any atom is -0.387 e. The average Bonchev–Trinajstić information content (AvgIpc) is 3.40. The maximum Gasteiger partial charge on any atom is 0.340 e. The van der Waals surface area contributed by atoms with Gasteiger partial charge in [-0.2, -0.15) is 9.97 Å². The molecule has 0 spiro atoms. The summed E-state index contributed by atoms with van der Waals surface area (Å²) in [6.07, 6.45) is -4.32. The third-order valence-corrected chi connectivity index (χ3v) is 9.71. The van der Waals surface area contributed by atoms with E-state index >= 15 is 0 Å². The summed E-state index contributed by atoms with van der Waals surface area (Å²) in [6.45, 7) is -0.319. The molecule has 3 heterocycles. The first kappa shape index (κ1) is 28.1. The summed E-state index contributed by atoms with van der Waals surface area (Å²) < 4.78 is 34.7. The van der Waals surface area contributed by atoms with Crippen LogP contribution < -0.4 is 5.32 Å². The highest BCUT2D eigenvalue weighted by atomic mass is 35.5. The number of hydrogen-bond acceptors (Lipinski definition) is 10. The van der Waals surface area contributed by atoms with Gasteiger partial charge < -0.3 is 39.5 Å². The molecule has 14 nitrogen and oxygen atoms in total. The second-order valence-corrected chi connectivity index (χ2v) is 13.3. The highest BCUT2D eigenvalue weighted by Gasteiger charge is 2.45. The van der Waals surface area contributed by atoms with Crippen molar-refractivity contribution in [2.24, 2.45) is 0 Å². The van der Waals surface area contributed by atoms with Crippen LogP contribution in [-0.4, -0.2) is 75.2 Å². The van der Waals surface area contributed by atoms with Gasteiger partial charge in [0.1, 0.15) is 18.3 Å². The fourth-order valence-electron chi connectivity index (χ4n) is 4.29. The van der Waals surface area contributed by atoms with Crippen LogP contribution in [0.1, 0.15) is 11.8 Å². The lowest BCUT2D eigenvalue weighted by molar-refractivity contribution is -0.0483. The van der Waals surface area contributed by atoms with E-state index in [1.54, 1.807) is 0 Å². The minimum atomic E-state index is -4.84. The molecule has 2 aromatic carbocycles. The number of ether oxygens (including phenoxy) is 1. The number of hydrogen-bond donors (Lipinski definition) is 6. The van der Waals surface area contributed by atoms with Crippen LogP contribution in [0.2, 0.25) is 5.28 Å². The van der Waals surface area contributed by atoms with Gasteiger partial charge in [0.2, 0.25) is 5.28 Å².